The minimum atomic E-state index is -2.99. The highest BCUT2D eigenvalue weighted by Gasteiger charge is 2.49. The first-order valence-electron chi connectivity index (χ1n) is 9.39. The number of rotatable bonds is 6. The van der Waals surface area contributed by atoms with Gasteiger partial charge in [-0.15, -0.1) is 0 Å². The Morgan fingerprint density at radius 1 is 1.28 bits per heavy atom. The Labute approximate surface area is 179 Å². The molecule has 0 aromatic heterocycles. The Bertz CT molecular complexity index is 1090. The van der Waals surface area contributed by atoms with Crippen molar-refractivity contribution in [2.24, 2.45) is 0 Å². The van der Waals surface area contributed by atoms with E-state index in [1.807, 2.05) is 0 Å². The van der Waals surface area contributed by atoms with Gasteiger partial charge in [-0.05, 0) is 24.6 Å². The normalized spacial score (nSPS) is 20.1. The lowest BCUT2D eigenvalue weighted by molar-refractivity contribution is -0.385. The highest BCUT2D eigenvalue weighted by atomic mass is 19.3. The number of fused-ring (bicyclic) bond motifs is 1. The quantitative estimate of drug-likeness (QED) is 0.409. The summed E-state index contributed by atoms with van der Waals surface area (Å²) in [7, 11) is 0. The third-order valence-corrected chi connectivity index (χ3v) is 5.24. The number of hydrogen-bond acceptors (Lipinski definition) is 7. The number of hydrogen-bond donors (Lipinski definition) is 1. The zero-order valence-corrected chi connectivity index (χ0v) is 16.7. The van der Waals surface area contributed by atoms with Gasteiger partial charge in [0.15, 0.2) is 6.79 Å². The third-order valence-electron chi connectivity index (χ3n) is 5.24. The first kappa shape index (κ1) is 21.4. The zero-order chi connectivity index (χ0) is 23.0. The monoisotopic (exact) mass is 449 g/mol. The van der Waals surface area contributed by atoms with E-state index >= 15 is 0 Å². The fourth-order valence-electron chi connectivity index (χ4n) is 3.68. The van der Waals surface area contributed by atoms with Crippen LogP contribution in [0.2, 0.25) is 0 Å². The fraction of sp³-hybridized carbons (Fsp3) is 0.300. The van der Waals surface area contributed by atoms with Crippen molar-refractivity contribution in [2.75, 3.05) is 6.79 Å². The van der Waals surface area contributed by atoms with Crippen LogP contribution in [-0.4, -0.2) is 35.2 Å². The lowest BCUT2D eigenvalue weighted by atomic mass is 9.92. The van der Waals surface area contributed by atoms with E-state index in [-0.39, 0.29) is 36.9 Å². The topological polar surface area (TPSA) is 120 Å². The van der Waals surface area contributed by atoms with E-state index in [9.17, 15) is 28.5 Å². The van der Waals surface area contributed by atoms with Gasteiger partial charge in [0.1, 0.15) is 17.0 Å². The number of urea groups is 1. The number of carbonyl (C=O) groups excluding carboxylic acids is 2. The summed E-state index contributed by atoms with van der Waals surface area (Å²) >= 11 is 0. The molecule has 0 radical (unpaired) electrons. The average Bonchev–Trinajstić information content (AvgIpc) is 2.97. The van der Waals surface area contributed by atoms with Crippen molar-refractivity contribution in [3.63, 3.8) is 0 Å². The molecule has 0 spiro atoms. The van der Waals surface area contributed by atoms with Gasteiger partial charge >= 0.3 is 12.6 Å². The maximum Gasteiger partial charge on any atom is 0.387 e. The smallest absolute Gasteiger partial charge is 0.387 e. The van der Waals surface area contributed by atoms with Gasteiger partial charge in [-0.25, -0.2) is 4.79 Å². The summed E-state index contributed by atoms with van der Waals surface area (Å²) in [6, 6.07) is 7.18. The predicted molar refractivity (Wildman–Crippen MR) is 103 cm³/mol. The van der Waals surface area contributed by atoms with E-state index in [0.717, 1.165) is 4.90 Å². The van der Waals surface area contributed by atoms with E-state index in [1.165, 1.54) is 43.3 Å². The molecule has 0 bridgehead atoms. The fourth-order valence-corrected chi connectivity index (χ4v) is 3.68. The number of carbonyl (C=O) groups is 2. The first-order chi connectivity index (χ1) is 15.2. The van der Waals surface area contributed by atoms with Crippen LogP contribution in [-0.2, 0) is 28.2 Å². The maximum atomic E-state index is 13.2. The number of halogens is 2. The predicted octanol–water partition coefficient (Wildman–Crippen LogP) is 3.03. The molecule has 2 aliphatic heterocycles. The van der Waals surface area contributed by atoms with Gasteiger partial charge in [0.2, 0.25) is 0 Å². The minimum absolute atomic E-state index is 0.0668. The number of ether oxygens (including phenoxy) is 3. The number of benzene rings is 2. The van der Waals surface area contributed by atoms with E-state index in [4.69, 9.17) is 9.47 Å². The summed E-state index contributed by atoms with van der Waals surface area (Å²) in [6.07, 6.45) is 0. The molecule has 2 aromatic rings. The molecule has 10 nitrogen and oxygen atoms in total. The number of imide groups is 1. The van der Waals surface area contributed by atoms with E-state index < -0.39 is 29.0 Å². The molecule has 1 atom stereocenters. The minimum Gasteiger partial charge on any atom is -0.467 e. The van der Waals surface area contributed by atoms with Gasteiger partial charge in [0.25, 0.3) is 11.6 Å². The van der Waals surface area contributed by atoms with E-state index in [2.05, 4.69) is 10.1 Å². The van der Waals surface area contributed by atoms with Gasteiger partial charge < -0.3 is 19.5 Å². The molecule has 2 aliphatic rings. The second-order valence-corrected chi connectivity index (χ2v) is 7.31. The van der Waals surface area contributed by atoms with Crippen LogP contribution < -0.4 is 14.8 Å². The molecule has 2 heterocycles. The number of non-ortho nitro benzene ring substituents is 1. The van der Waals surface area contributed by atoms with E-state index in [1.54, 1.807) is 0 Å². The Morgan fingerprint density at radius 3 is 2.66 bits per heavy atom. The van der Waals surface area contributed by atoms with E-state index in [0.29, 0.717) is 16.9 Å². The SMILES string of the molecule is CC1(c2ccc(OC(F)F)cc2)NC(=O)N(Cc2cc([N+](=O)[O-])cc3c2OCOC3)C1=O. The number of nitrogens with one attached hydrogen (secondary N) is 1. The zero-order valence-electron chi connectivity index (χ0n) is 16.7. The summed E-state index contributed by atoms with van der Waals surface area (Å²) < 4.78 is 39.7. The third kappa shape index (κ3) is 3.80. The number of nitro groups is 1. The van der Waals surface area contributed by atoms with Crippen LogP contribution in [0.25, 0.3) is 0 Å². The Morgan fingerprint density at radius 2 is 2.00 bits per heavy atom. The summed E-state index contributed by atoms with van der Waals surface area (Å²) in [5.74, 6) is -0.384. The van der Waals surface area contributed by atoms with Crippen LogP contribution in [0.15, 0.2) is 36.4 Å². The number of nitro benzene ring substituents is 1. The lowest BCUT2D eigenvalue weighted by Gasteiger charge is -2.24. The van der Waals surface area contributed by atoms with Crippen molar-refractivity contribution in [1.29, 1.82) is 0 Å². The molecular weight excluding hydrogens is 432 g/mol. The second-order valence-electron chi connectivity index (χ2n) is 7.31. The van der Waals surface area contributed by atoms with Crippen molar-refractivity contribution in [2.45, 2.75) is 32.2 Å². The molecule has 1 fully saturated rings. The summed E-state index contributed by atoms with van der Waals surface area (Å²) in [5, 5.41) is 13.9. The molecule has 1 saturated heterocycles. The first-order valence-corrected chi connectivity index (χ1v) is 9.39. The summed E-state index contributed by atoms with van der Waals surface area (Å²) in [6.45, 7) is -1.76. The largest absolute Gasteiger partial charge is 0.467 e. The van der Waals surface area contributed by atoms with Crippen molar-refractivity contribution < 1.29 is 37.5 Å². The van der Waals surface area contributed by atoms with Gasteiger partial charge in [-0.2, -0.15) is 8.78 Å². The highest BCUT2D eigenvalue weighted by molar-refractivity contribution is 6.07. The molecular formula is C20H17F2N3O7. The average molecular weight is 449 g/mol. The second kappa shape index (κ2) is 8.04. The molecule has 1 N–H and O–H groups in total. The maximum absolute atomic E-state index is 13.2. The standard InChI is InChI=1S/C20H17F2N3O7/c1-20(13-2-4-15(5-3-13)32-18(21)22)17(26)24(19(27)23-20)8-11-6-14(25(28)29)7-12-9-30-10-31-16(11)12/h2-7,18H,8-10H2,1H3,(H,23,27). The molecule has 2 aromatic carbocycles. The molecule has 0 aliphatic carbocycles. The molecule has 4 rings (SSSR count). The van der Waals surface area contributed by atoms with Crippen LogP contribution in [0, 0.1) is 10.1 Å². The van der Waals surface area contributed by atoms with Crippen molar-refractivity contribution in [3.05, 3.63) is 63.2 Å². The number of nitrogens with zero attached hydrogens (tertiary/aromatic N) is 2. The molecule has 12 heteroatoms. The van der Waals surface area contributed by atoms with Crippen LogP contribution in [0.5, 0.6) is 11.5 Å². The van der Waals surface area contributed by atoms with Crippen molar-refractivity contribution in [3.8, 4) is 11.5 Å². The van der Waals surface area contributed by atoms with Gasteiger partial charge in [0.05, 0.1) is 18.1 Å². The van der Waals surface area contributed by atoms with Gasteiger partial charge in [-0.1, -0.05) is 12.1 Å². The Kier molecular flexibility index (Phi) is 5.38. The van der Waals surface area contributed by atoms with Crippen molar-refractivity contribution >= 4 is 17.6 Å². The Balaban J connectivity index is 1.63. The van der Waals surface area contributed by atoms with Crippen LogP contribution in [0.3, 0.4) is 0 Å². The van der Waals surface area contributed by atoms with Crippen LogP contribution in [0.1, 0.15) is 23.6 Å². The van der Waals surface area contributed by atoms with Crippen LogP contribution >= 0.6 is 0 Å². The number of alkyl halides is 2. The molecule has 168 valence electrons. The molecule has 0 saturated carbocycles. The summed E-state index contributed by atoms with van der Waals surface area (Å²) in [5.41, 5.74) is -0.621. The van der Waals surface area contributed by atoms with Gasteiger partial charge in [0, 0.05) is 23.3 Å². The highest BCUT2D eigenvalue weighted by Crippen LogP contribution is 2.36. The van der Waals surface area contributed by atoms with Gasteiger partial charge in [-0.3, -0.25) is 19.8 Å². The summed E-state index contributed by atoms with van der Waals surface area (Å²) in [4.78, 5) is 37.5. The lowest BCUT2D eigenvalue weighted by Crippen LogP contribution is -2.40. The number of amides is 3. The molecule has 32 heavy (non-hydrogen) atoms. The van der Waals surface area contributed by atoms with Crippen LogP contribution in [0.4, 0.5) is 19.3 Å². The molecule has 3 amide bonds. The molecule has 1 unspecified atom stereocenters. The van der Waals surface area contributed by atoms with Crippen molar-refractivity contribution in [1.82, 2.24) is 10.2 Å². The Hall–Kier alpha value is -3.80.